The Bertz CT molecular complexity index is 1760. The summed E-state index contributed by atoms with van der Waals surface area (Å²) in [6.07, 6.45) is 8.63. The molecule has 8 heteroatoms. The number of nitrogen functional groups attached to an aromatic ring is 1. The molecule has 42 heavy (non-hydrogen) atoms. The number of piperidine rings is 1. The maximum atomic E-state index is 13.5. The number of pyridine rings is 1. The molecule has 1 aliphatic heterocycles. The summed E-state index contributed by atoms with van der Waals surface area (Å²) in [4.78, 5) is 18.8. The standard InChI is InChI=1S/C34H30FN5O2/c1-2-30(41)39-20-6-7-27(22-39)40-33-25(13-10-23-11-16-26(35)17-12-23)21-37-34(36)31(33)32(38-40)24-14-18-29(19-15-24)42-28-8-4-3-5-9-28/h2-5,8-19,21,27H,1,6-7,20,22H2,(H2,36,37)/b13-10+. The van der Waals surface area contributed by atoms with Crippen molar-refractivity contribution in [3.05, 3.63) is 115 Å². The molecule has 0 spiro atoms. The number of hydrogen-bond acceptors (Lipinski definition) is 5. The summed E-state index contributed by atoms with van der Waals surface area (Å²) in [7, 11) is 0. The van der Waals surface area contributed by atoms with Gasteiger partial charge in [-0.2, -0.15) is 5.10 Å². The van der Waals surface area contributed by atoms with Gasteiger partial charge in [0.1, 0.15) is 28.8 Å². The highest BCUT2D eigenvalue weighted by Crippen LogP contribution is 2.38. The molecule has 210 valence electrons. The number of carbonyl (C=O) groups is 1. The van der Waals surface area contributed by atoms with Gasteiger partial charge in [0.15, 0.2) is 0 Å². The van der Waals surface area contributed by atoms with Crippen molar-refractivity contribution >= 4 is 34.8 Å². The second-order valence-corrected chi connectivity index (χ2v) is 10.2. The number of nitrogens with zero attached hydrogens (tertiary/aromatic N) is 4. The molecule has 3 aromatic carbocycles. The normalized spacial score (nSPS) is 15.3. The van der Waals surface area contributed by atoms with Crippen molar-refractivity contribution in [1.29, 1.82) is 0 Å². The van der Waals surface area contributed by atoms with Gasteiger partial charge in [-0.05, 0) is 73.0 Å². The van der Waals surface area contributed by atoms with Gasteiger partial charge < -0.3 is 15.4 Å². The summed E-state index contributed by atoms with van der Waals surface area (Å²) in [5, 5.41) is 5.85. The molecule has 1 amide bonds. The molecule has 0 aliphatic carbocycles. The monoisotopic (exact) mass is 559 g/mol. The van der Waals surface area contributed by atoms with Crippen LogP contribution in [0.15, 0.2) is 97.7 Å². The maximum Gasteiger partial charge on any atom is 0.246 e. The number of carbonyl (C=O) groups excluding carboxylic acids is 1. The van der Waals surface area contributed by atoms with Crippen molar-refractivity contribution in [2.24, 2.45) is 0 Å². The Hall–Kier alpha value is -5.24. The fourth-order valence-corrected chi connectivity index (χ4v) is 5.36. The first-order chi connectivity index (χ1) is 20.5. The van der Waals surface area contributed by atoms with E-state index in [2.05, 4.69) is 11.6 Å². The minimum atomic E-state index is -0.289. The lowest BCUT2D eigenvalue weighted by Crippen LogP contribution is -2.40. The van der Waals surface area contributed by atoms with E-state index in [1.165, 1.54) is 18.2 Å². The van der Waals surface area contributed by atoms with E-state index in [1.807, 2.05) is 76.3 Å². The molecule has 1 aliphatic rings. The molecule has 6 rings (SSSR count). The first kappa shape index (κ1) is 27.0. The van der Waals surface area contributed by atoms with Crippen molar-refractivity contribution in [3.8, 4) is 22.8 Å². The number of para-hydroxylation sites is 1. The highest BCUT2D eigenvalue weighted by Gasteiger charge is 2.28. The van der Waals surface area contributed by atoms with Gasteiger partial charge in [0.05, 0.1) is 16.9 Å². The number of anilines is 1. The van der Waals surface area contributed by atoms with Crippen LogP contribution in [0.2, 0.25) is 0 Å². The zero-order chi connectivity index (χ0) is 29.1. The molecule has 2 aromatic heterocycles. The Morgan fingerprint density at radius 2 is 1.74 bits per heavy atom. The third-order valence-corrected chi connectivity index (χ3v) is 7.44. The zero-order valence-electron chi connectivity index (χ0n) is 23.0. The predicted molar refractivity (Wildman–Crippen MR) is 164 cm³/mol. The first-order valence-corrected chi connectivity index (χ1v) is 13.8. The van der Waals surface area contributed by atoms with Gasteiger partial charge in [-0.25, -0.2) is 9.37 Å². The number of likely N-dealkylation sites (tertiary alicyclic amines) is 1. The lowest BCUT2D eigenvalue weighted by molar-refractivity contribution is -0.127. The Morgan fingerprint density at radius 3 is 2.48 bits per heavy atom. The predicted octanol–water partition coefficient (Wildman–Crippen LogP) is 7.13. The van der Waals surface area contributed by atoms with Crippen LogP contribution in [0.5, 0.6) is 11.5 Å². The van der Waals surface area contributed by atoms with Gasteiger partial charge in [-0.1, -0.05) is 49.1 Å². The van der Waals surface area contributed by atoms with Gasteiger partial charge in [-0.3, -0.25) is 9.48 Å². The van der Waals surface area contributed by atoms with Gasteiger partial charge in [0.2, 0.25) is 5.91 Å². The van der Waals surface area contributed by atoms with Crippen LogP contribution in [0, 0.1) is 5.82 Å². The van der Waals surface area contributed by atoms with Crippen molar-refractivity contribution in [3.63, 3.8) is 0 Å². The number of amides is 1. The van der Waals surface area contributed by atoms with Crippen LogP contribution in [-0.4, -0.2) is 38.7 Å². The smallest absolute Gasteiger partial charge is 0.246 e. The topological polar surface area (TPSA) is 86.3 Å². The second kappa shape index (κ2) is 11.7. The molecule has 3 heterocycles. The molecule has 0 radical (unpaired) electrons. The second-order valence-electron chi connectivity index (χ2n) is 10.2. The fraction of sp³-hybridized carbons (Fsp3) is 0.147. The van der Waals surface area contributed by atoms with Gasteiger partial charge in [0, 0.05) is 30.4 Å². The molecule has 1 atom stereocenters. The Balaban J connectivity index is 1.45. The van der Waals surface area contributed by atoms with Crippen LogP contribution in [0.4, 0.5) is 10.2 Å². The molecule has 1 saturated heterocycles. The van der Waals surface area contributed by atoms with Gasteiger partial charge in [0.25, 0.3) is 0 Å². The Kier molecular flexibility index (Phi) is 7.51. The van der Waals surface area contributed by atoms with Crippen molar-refractivity contribution in [2.45, 2.75) is 18.9 Å². The Labute approximate surface area is 243 Å². The van der Waals surface area contributed by atoms with Crippen molar-refractivity contribution in [2.75, 3.05) is 18.8 Å². The van der Waals surface area contributed by atoms with Gasteiger partial charge >= 0.3 is 0 Å². The van der Waals surface area contributed by atoms with E-state index in [4.69, 9.17) is 15.6 Å². The SMILES string of the molecule is C=CC(=O)N1CCCC(n2nc(-c3ccc(Oc4ccccc4)cc3)c3c(N)ncc(/C=C/c4ccc(F)cc4)c32)C1. The molecule has 5 aromatic rings. The van der Waals surface area contributed by atoms with Crippen molar-refractivity contribution < 1.29 is 13.9 Å². The van der Waals surface area contributed by atoms with Crippen LogP contribution in [0.1, 0.15) is 30.0 Å². The van der Waals surface area contributed by atoms with Crippen LogP contribution in [0.3, 0.4) is 0 Å². The zero-order valence-corrected chi connectivity index (χ0v) is 23.0. The molecular weight excluding hydrogens is 529 g/mol. The number of halogens is 1. The summed E-state index contributed by atoms with van der Waals surface area (Å²) in [6, 6.07) is 23.5. The van der Waals surface area contributed by atoms with E-state index in [0.717, 1.165) is 46.2 Å². The lowest BCUT2D eigenvalue weighted by Gasteiger charge is -2.32. The van der Waals surface area contributed by atoms with Crippen LogP contribution < -0.4 is 10.5 Å². The molecular formula is C34H30FN5O2. The molecule has 0 saturated carbocycles. The fourth-order valence-electron chi connectivity index (χ4n) is 5.36. The van der Waals surface area contributed by atoms with E-state index in [1.54, 1.807) is 18.3 Å². The van der Waals surface area contributed by atoms with Crippen molar-refractivity contribution in [1.82, 2.24) is 19.7 Å². The number of hydrogen-bond donors (Lipinski definition) is 1. The van der Waals surface area contributed by atoms with Crippen LogP contribution in [0.25, 0.3) is 34.3 Å². The van der Waals surface area contributed by atoms with Crippen LogP contribution >= 0.6 is 0 Å². The van der Waals surface area contributed by atoms with E-state index >= 15 is 0 Å². The molecule has 2 N–H and O–H groups in total. The molecule has 1 unspecified atom stereocenters. The summed E-state index contributed by atoms with van der Waals surface area (Å²) >= 11 is 0. The summed E-state index contributed by atoms with van der Waals surface area (Å²) < 4.78 is 21.4. The average molecular weight is 560 g/mol. The summed E-state index contributed by atoms with van der Waals surface area (Å²) in [6.45, 7) is 4.85. The number of aromatic nitrogens is 3. The van der Waals surface area contributed by atoms with Gasteiger partial charge in [-0.15, -0.1) is 0 Å². The quantitative estimate of drug-likeness (QED) is 0.214. The maximum absolute atomic E-state index is 13.5. The largest absolute Gasteiger partial charge is 0.457 e. The minimum absolute atomic E-state index is 0.0700. The van der Waals surface area contributed by atoms with E-state index in [9.17, 15) is 9.18 Å². The number of nitrogens with two attached hydrogens (primary N) is 1. The van der Waals surface area contributed by atoms with E-state index < -0.39 is 0 Å². The molecule has 0 bridgehead atoms. The van der Waals surface area contributed by atoms with Crippen LogP contribution in [-0.2, 0) is 4.79 Å². The Morgan fingerprint density at radius 1 is 1.00 bits per heavy atom. The highest BCUT2D eigenvalue weighted by molar-refractivity contribution is 6.04. The van der Waals surface area contributed by atoms with E-state index in [-0.39, 0.29) is 17.8 Å². The first-order valence-electron chi connectivity index (χ1n) is 13.8. The molecule has 7 nitrogen and oxygen atoms in total. The highest BCUT2D eigenvalue weighted by atomic mass is 19.1. The minimum Gasteiger partial charge on any atom is -0.457 e. The third kappa shape index (κ3) is 5.51. The average Bonchev–Trinajstić information content (AvgIpc) is 3.44. The summed E-state index contributed by atoms with van der Waals surface area (Å²) in [5.74, 6) is 1.44. The number of rotatable bonds is 7. The third-order valence-electron chi connectivity index (χ3n) is 7.44. The molecule has 1 fully saturated rings. The number of fused-ring (bicyclic) bond motifs is 1. The lowest BCUT2D eigenvalue weighted by atomic mass is 10.0. The number of benzene rings is 3. The number of ether oxygens (including phenoxy) is 1. The summed E-state index contributed by atoms with van der Waals surface area (Å²) in [5.41, 5.74) is 10.6. The van der Waals surface area contributed by atoms with E-state index in [0.29, 0.717) is 30.4 Å².